The minimum absolute atomic E-state index is 0.0801. The van der Waals surface area contributed by atoms with E-state index in [0.29, 0.717) is 30.9 Å². The van der Waals surface area contributed by atoms with Crippen LogP contribution in [-0.2, 0) is 19.6 Å². The maximum absolute atomic E-state index is 12.9. The molecule has 0 saturated carbocycles. The molecule has 1 fully saturated rings. The zero-order chi connectivity index (χ0) is 31.6. The molecule has 0 spiro atoms. The van der Waals surface area contributed by atoms with E-state index in [4.69, 9.17) is 5.11 Å². The first-order valence-corrected chi connectivity index (χ1v) is 15.9. The lowest BCUT2D eigenvalue weighted by atomic mass is 10.0. The average molecular weight is 610 g/mol. The van der Waals surface area contributed by atoms with E-state index >= 15 is 0 Å². The molecule has 0 bridgehead atoms. The first-order chi connectivity index (χ1) is 20.6. The summed E-state index contributed by atoms with van der Waals surface area (Å²) < 4.78 is 26.2. The van der Waals surface area contributed by atoms with Gasteiger partial charge in [0.05, 0.1) is 21.8 Å². The molecule has 2 amide bonds. The fraction of sp³-hybridized carbons (Fsp3) is 0.344. The maximum Gasteiger partial charge on any atom is 0.335 e. The van der Waals surface area contributed by atoms with Gasteiger partial charge in [0.15, 0.2) is 0 Å². The van der Waals surface area contributed by atoms with Crippen molar-refractivity contribution in [3.05, 3.63) is 84.4 Å². The Hall–Kier alpha value is -4.22. The maximum atomic E-state index is 12.9. The lowest BCUT2D eigenvalue weighted by Crippen LogP contribution is -2.41. The predicted octanol–water partition coefficient (Wildman–Crippen LogP) is 5.69. The first kappa shape index (κ1) is 33.3. The van der Waals surface area contributed by atoms with Gasteiger partial charge in [-0.25, -0.2) is 23.2 Å². The molecule has 2 N–H and O–H groups in total. The molecule has 4 rings (SSSR count). The molecule has 1 aliphatic heterocycles. The molecular weight excluding hydrogens is 570 g/mol. The number of carbonyl (C=O) groups is 3. The van der Waals surface area contributed by atoms with Gasteiger partial charge in [-0.2, -0.15) is 4.31 Å². The average Bonchev–Trinajstić information content (AvgIpc) is 3.25. The SMILES string of the molecule is CCCCC1C(=O)N(c2ccccc2)N(c2ccc(O)cc2)C1=O.CCCN(CCC)S(=O)(=O)c1ccc(C(=O)O)cc1. The first-order valence-electron chi connectivity index (χ1n) is 14.4. The summed E-state index contributed by atoms with van der Waals surface area (Å²) in [6, 6.07) is 20.8. The van der Waals surface area contributed by atoms with Crippen LogP contribution in [0.3, 0.4) is 0 Å². The number of anilines is 2. The summed E-state index contributed by atoms with van der Waals surface area (Å²) in [4.78, 5) is 36.7. The summed E-state index contributed by atoms with van der Waals surface area (Å²) in [6.45, 7) is 6.82. The molecule has 3 aromatic carbocycles. The smallest absolute Gasteiger partial charge is 0.335 e. The van der Waals surface area contributed by atoms with Crippen molar-refractivity contribution in [3.8, 4) is 5.75 Å². The highest BCUT2D eigenvalue weighted by molar-refractivity contribution is 7.89. The molecule has 43 heavy (non-hydrogen) atoms. The number of sulfonamides is 1. The second-order valence-corrected chi connectivity index (χ2v) is 12.0. The van der Waals surface area contributed by atoms with Crippen molar-refractivity contribution in [1.82, 2.24) is 4.31 Å². The highest BCUT2D eigenvalue weighted by Gasteiger charge is 2.46. The molecular formula is C32H39N3O7S. The van der Waals surface area contributed by atoms with Gasteiger partial charge in [0.25, 0.3) is 11.8 Å². The predicted molar refractivity (Wildman–Crippen MR) is 165 cm³/mol. The van der Waals surface area contributed by atoms with Crippen molar-refractivity contribution in [2.75, 3.05) is 23.1 Å². The highest BCUT2D eigenvalue weighted by atomic mass is 32.2. The number of unbranched alkanes of at least 4 members (excludes halogenated alkanes) is 1. The van der Waals surface area contributed by atoms with Gasteiger partial charge in [0.1, 0.15) is 11.7 Å². The van der Waals surface area contributed by atoms with Crippen molar-refractivity contribution in [3.63, 3.8) is 0 Å². The number of carboxylic acids is 1. The largest absolute Gasteiger partial charge is 0.508 e. The van der Waals surface area contributed by atoms with Crippen molar-refractivity contribution in [2.24, 2.45) is 5.92 Å². The fourth-order valence-electron chi connectivity index (χ4n) is 4.67. The summed E-state index contributed by atoms with van der Waals surface area (Å²) in [5, 5.41) is 21.1. The van der Waals surface area contributed by atoms with Crippen molar-refractivity contribution < 1.29 is 33.0 Å². The molecule has 1 unspecified atom stereocenters. The molecule has 3 aromatic rings. The van der Waals surface area contributed by atoms with Crippen LogP contribution in [-0.4, -0.2) is 53.8 Å². The second-order valence-electron chi connectivity index (χ2n) is 10.1. The van der Waals surface area contributed by atoms with Crippen LogP contribution >= 0.6 is 0 Å². The number of hydrogen-bond acceptors (Lipinski definition) is 6. The summed E-state index contributed by atoms with van der Waals surface area (Å²) >= 11 is 0. The van der Waals surface area contributed by atoms with Gasteiger partial charge in [-0.3, -0.25) is 9.59 Å². The van der Waals surface area contributed by atoms with Gasteiger partial charge in [0.2, 0.25) is 10.0 Å². The van der Waals surface area contributed by atoms with Crippen molar-refractivity contribution in [2.45, 2.75) is 57.8 Å². The molecule has 1 aliphatic rings. The van der Waals surface area contributed by atoms with E-state index in [1.54, 1.807) is 24.3 Å². The zero-order valence-corrected chi connectivity index (χ0v) is 25.5. The Morgan fingerprint density at radius 2 is 1.28 bits per heavy atom. The van der Waals surface area contributed by atoms with Crippen LogP contribution in [0.4, 0.5) is 11.4 Å². The summed E-state index contributed by atoms with van der Waals surface area (Å²) in [5.41, 5.74) is 1.30. The van der Waals surface area contributed by atoms with Crippen LogP contribution in [0, 0.1) is 5.92 Å². The quantitative estimate of drug-likeness (QED) is 0.252. The van der Waals surface area contributed by atoms with Crippen LogP contribution in [0.25, 0.3) is 0 Å². The number of para-hydroxylation sites is 1. The molecule has 0 aliphatic carbocycles. The number of carboxylic acid groups (broad SMARTS) is 1. The highest BCUT2D eigenvalue weighted by Crippen LogP contribution is 2.34. The van der Waals surface area contributed by atoms with Crippen molar-refractivity contribution in [1.29, 1.82) is 0 Å². The Bertz CT molecular complexity index is 1470. The zero-order valence-electron chi connectivity index (χ0n) is 24.7. The Kier molecular flexibility index (Phi) is 11.8. The van der Waals surface area contributed by atoms with Gasteiger partial charge >= 0.3 is 5.97 Å². The van der Waals surface area contributed by atoms with Crippen LogP contribution in [0.1, 0.15) is 63.2 Å². The Labute approximate surface area is 253 Å². The molecule has 0 aromatic heterocycles. The van der Waals surface area contributed by atoms with E-state index in [0.717, 1.165) is 25.7 Å². The lowest BCUT2D eigenvalue weighted by molar-refractivity contribution is -0.127. The Balaban J connectivity index is 0.000000243. The van der Waals surface area contributed by atoms with Crippen LogP contribution in [0.15, 0.2) is 83.8 Å². The normalized spacial score (nSPS) is 15.0. The number of phenolic OH excluding ortho intramolecular Hbond substituents is 1. The van der Waals surface area contributed by atoms with Gasteiger partial charge in [-0.15, -0.1) is 0 Å². The number of hydrazine groups is 1. The third-order valence-corrected chi connectivity index (χ3v) is 8.75. The van der Waals surface area contributed by atoms with Crippen LogP contribution < -0.4 is 10.0 Å². The summed E-state index contributed by atoms with van der Waals surface area (Å²) in [5.74, 6) is -2.02. The minimum atomic E-state index is -3.53. The number of aromatic hydroxyl groups is 1. The lowest BCUT2D eigenvalue weighted by Gasteiger charge is -2.27. The van der Waals surface area contributed by atoms with Crippen LogP contribution in [0.5, 0.6) is 5.75 Å². The van der Waals surface area contributed by atoms with E-state index in [2.05, 4.69) is 0 Å². The number of aromatic carboxylic acids is 1. The third-order valence-electron chi connectivity index (χ3n) is 6.84. The molecule has 1 heterocycles. The molecule has 0 radical (unpaired) electrons. The van der Waals surface area contributed by atoms with E-state index in [1.165, 1.54) is 50.7 Å². The summed E-state index contributed by atoms with van der Waals surface area (Å²) in [7, 11) is -3.53. The van der Waals surface area contributed by atoms with E-state index < -0.39 is 21.9 Å². The van der Waals surface area contributed by atoms with E-state index in [1.807, 2.05) is 39.0 Å². The Morgan fingerprint density at radius 1 is 0.767 bits per heavy atom. The number of amides is 2. The van der Waals surface area contributed by atoms with Gasteiger partial charge in [-0.05, 0) is 79.9 Å². The molecule has 1 saturated heterocycles. The van der Waals surface area contributed by atoms with Gasteiger partial charge in [-0.1, -0.05) is 51.8 Å². The molecule has 230 valence electrons. The second kappa shape index (κ2) is 15.3. The third kappa shape index (κ3) is 7.99. The monoisotopic (exact) mass is 609 g/mol. The van der Waals surface area contributed by atoms with Gasteiger partial charge in [0, 0.05) is 13.1 Å². The molecule has 10 nitrogen and oxygen atoms in total. The number of hydrogen-bond donors (Lipinski definition) is 2. The molecule has 1 atom stereocenters. The standard InChI is InChI=1S/C19H20N2O3.C13H19NO4S/c1-2-3-9-17-18(23)20(14-7-5-4-6-8-14)21(19(17)24)15-10-12-16(22)13-11-15;1-3-9-14(10-4-2)19(17,18)12-7-5-11(6-8-12)13(15)16/h4-8,10-13,17,22H,2-3,9H2,1H3;5-8H,3-4,9-10H2,1-2H3,(H,15,16). The summed E-state index contributed by atoms with van der Waals surface area (Å²) in [6.07, 6.45) is 3.79. The number of nitrogens with zero attached hydrogens (tertiary/aromatic N) is 3. The number of phenols is 1. The van der Waals surface area contributed by atoms with E-state index in [9.17, 15) is 27.9 Å². The fourth-order valence-corrected chi connectivity index (χ4v) is 6.30. The van der Waals surface area contributed by atoms with E-state index in [-0.39, 0.29) is 28.0 Å². The van der Waals surface area contributed by atoms with Crippen molar-refractivity contribution >= 4 is 39.2 Å². The number of benzene rings is 3. The Morgan fingerprint density at radius 3 is 1.74 bits per heavy atom. The number of rotatable bonds is 12. The molecule has 11 heteroatoms. The minimum Gasteiger partial charge on any atom is -0.508 e. The number of carbonyl (C=O) groups excluding carboxylic acids is 2. The topological polar surface area (TPSA) is 136 Å². The van der Waals surface area contributed by atoms with Crippen LogP contribution in [0.2, 0.25) is 0 Å². The van der Waals surface area contributed by atoms with Gasteiger partial charge < -0.3 is 10.2 Å².